The molecule has 0 N–H and O–H groups in total. The molecule has 0 radical (unpaired) electrons. The van der Waals surface area contributed by atoms with Gasteiger partial charge >= 0.3 is 0 Å². The van der Waals surface area contributed by atoms with Gasteiger partial charge in [-0.15, -0.1) is 10.2 Å². The first kappa shape index (κ1) is 13.5. The van der Waals surface area contributed by atoms with Gasteiger partial charge in [0.05, 0.1) is 19.2 Å². The average molecular weight is 288 g/mol. The lowest BCUT2D eigenvalue weighted by Gasteiger charge is -2.28. The van der Waals surface area contributed by atoms with Gasteiger partial charge in [0.15, 0.2) is 0 Å². The van der Waals surface area contributed by atoms with E-state index in [1.54, 1.807) is 0 Å². The lowest BCUT2D eigenvalue weighted by Crippen LogP contribution is -2.36. The monoisotopic (exact) mass is 288 g/mol. The number of carbonyl (C=O) groups excluding carboxylic acids is 1. The molecule has 0 bridgehead atoms. The molecule has 1 fully saturated rings. The van der Waals surface area contributed by atoms with E-state index in [4.69, 9.17) is 4.74 Å². The number of anilines is 1. The number of aliphatic carboxylic acids is 1. The summed E-state index contributed by atoms with van der Waals surface area (Å²) < 4.78 is 5.32. The molecule has 0 unspecified atom stereocenters. The number of carboxylic acid groups (broad SMARTS) is 1. The highest BCUT2D eigenvalue weighted by Gasteiger charge is 2.12. The number of hydrogen-bond acceptors (Lipinski definition) is 7. The zero-order valence-electron chi connectivity index (χ0n) is 11.3. The van der Waals surface area contributed by atoms with Crippen LogP contribution in [0.15, 0.2) is 24.3 Å². The zero-order chi connectivity index (χ0) is 14.7. The summed E-state index contributed by atoms with van der Waals surface area (Å²) in [6.07, 6.45) is 0. The fourth-order valence-corrected chi connectivity index (χ4v) is 2.18. The molecule has 0 atom stereocenters. The molecule has 3 rings (SSSR count). The lowest BCUT2D eigenvalue weighted by atomic mass is 10.2. The summed E-state index contributed by atoms with van der Waals surface area (Å²) in [4.78, 5) is 13.7. The highest BCUT2D eigenvalue weighted by Crippen LogP contribution is 2.20. The van der Waals surface area contributed by atoms with Crippen LogP contribution < -0.4 is 10.0 Å². The van der Waals surface area contributed by atoms with Crippen molar-refractivity contribution < 1.29 is 14.6 Å². The van der Waals surface area contributed by atoms with Crippen LogP contribution in [0.5, 0.6) is 0 Å². The van der Waals surface area contributed by atoms with Crippen LogP contribution in [0, 0.1) is 0 Å². The molecule has 21 heavy (non-hydrogen) atoms. The summed E-state index contributed by atoms with van der Waals surface area (Å²) in [7, 11) is 0. The van der Waals surface area contributed by atoms with E-state index in [2.05, 4.69) is 20.3 Å². The summed E-state index contributed by atoms with van der Waals surface area (Å²) in [5.41, 5.74) is 1.90. The van der Waals surface area contributed by atoms with Crippen molar-refractivity contribution in [1.29, 1.82) is 0 Å². The molecule has 110 valence electrons. The molecule has 1 aromatic heterocycles. The van der Waals surface area contributed by atoms with Crippen LogP contribution >= 0.6 is 0 Å². The average Bonchev–Trinajstić information content (AvgIpc) is 2.96. The van der Waals surface area contributed by atoms with E-state index < -0.39 is 12.5 Å². The Balaban J connectivity index is 1.74. The van der Waals surface area contributed by atoms with Gasteiger partial charge in [0.2, 0.25) is 5.82 Å². The SMILES string of the molecule is O=C([O-])Cn1nnc(-c2ccc(N3CCOCC3)cc2)n1. The summed E-state index contributed by atoms with van der Waals surface area (Å²) in [6, 6.07) is 7.76. The van der Waals surface area contributed by atoms with Crippen LogP contribution in [0.1, 0.15) is 0 Å². The standard InChI is InChI=1S/C13H15N5O3/c19-12(20)9-18-15-13(14-16-18)10-1-3-11(4-2-10)17-5-7-21-8-6-17/h1-4H,5-9H2,(H,19,20)/p-1. The molecule has 2 aromatic rings. The number of nitrogens with zero attached hydrogens (tertiary/aromatic N) is 5. The van der Waals surface area contributed by atoms with Crippen LogP contribution in [-0.4, -0.2) is 52.5 Å². The minimum Gasteiger partial charge on any atom is -0.548 e. The molecular formula is C13H14N5O3-. The second-order valence-electron chi connectivity index (χ2n) is 4.66. The molecule has 1 aromatic carbocycles. The Bertz CT molecular complexity index is 619. The van der Waals surface area contributed by atoms with Gasteiger partial charge in [0.1, 0.15) is 6.54 Å². The fourth-order valence-electron chi connectivity index (χ4n) is 2.18. The molecule has 8 nitrogen and oxygen atoms in total. The Morgan fingerprint density at radius 2 is 1.95 bits per heavy atom. The van der Waals surface area contributed by atoms with E-state index in [0.29, 0.717) is 5.82 Å². The number of tetrazole rings is 1. The molecule has 0 saturated carbocycles. The topological polar surface area (TPSA) is 96.2 Å². The van der Waals surface area contributed by atoms with Gasteiger partial charge in [-0.25, -0.2) is 0 Å². The molecule has 0 aliphatic carbocycles. The highest BCUT2D eigenvalue weighted by molar-refractivity contribution is 5.64. The molecule has 0 amide bonds. The molecule has 8 heteroatoms. The number of benzene rings is 1. The number of rotatable bonds is 4. The first-order valence-electron chi connectivity index (χ1n) is 6.63. The highest BCUT2D eigenvalue weighted by atomic mass is 16.5. The normalized spacial score (nSPS) is 15.1. The smallest absolute Gasteiger partial charge is 0.204 e. The number of carbonyl (C=O) groups is 1. The predicted octanol–water partition coefficient (Wildman–Crippen LogP) is -1.07. The second kappa shape index (κ2) is 5.88. The Hall–Kier alpha value is -2.48. The summed E-state index contributed by atoms with van der Waals surface area (Å²) in [5.74, 6) is -0.855. The maximum absolute atomic E-state index is 10.5. The van der Waals surface area contributed by atoms with Crippen molar-refractivity contribution in [3.05, 3.63) is 24.3 Å². The summed E-state index contributed by atoms with van der Waals surface area (Å²) in [6.45, 7) is 2.82. The van der Waals surface area contributed by atoms with E-state index in [1.807, 2.05) is 24.3 Å². The van der Waals surface area contributed by atoms with Crippen molar-refractivity contribution in [1.82, 2.24) is 20.2 Å². The number of ether oxygens (including phenoxy) is 1. The van der Waals surface area contributed by atoms with Crippen LogP contribution in [0.25, 0.3) is 11.4 Å². The number of morpholine rings is 1. The van der Waals surface area contributed by atoms with E-state index in [9.17, 15) is 9.90 Å². The van der Waals surface area contributed by atoms with Gasteiger partial charge in [-0.05, 0) is 29.5 Å². The van der Waals surface area contributed by atoms with Crippen LogP contribution in [0.3, 0.4) is 0 Å². The number of aromatic nitrogens is 4. The minimum absolute atomic E-state index is 0.393. The first-order valence-corrected chi connectivity index (χ1v) is 6.63. The fraction of sp³-hybridized carbons (Fsp3) is 0.385. The predicted molar refractivity (Wildman–Crippen MR) is 71.3 cm³/mol. The van der Waals surface area contributed by atoms with Crippen molar-refractivity contribution in [2.75, 3.05) is 31.2 Å². The quantitative estimate of drug-likeness (QED) is 0.706. The van der Waals surface area contributed by atoms with E-state index in [1.165, 1.54) is 0 Å². The lowest BCUT2D eigenvalue weighted by molar-refractivity contribution is -0.307. The van der Waals surface area contributed by atoms with Crippen molar-refractivity contribution in [2.24, 2.45) is 0 Å². The van der Waals surface area contributed by atoms with Gasteiger partial charge in [-0.3, -0.25) is 0 Å². The van der Waals surface area contributed by atoms with Crippen molar-refractivity contribution >= 4 is 11.7 Å². The second-order valence-corrected chi connectivity index (χ2v) is 4.66. The Kier molecular flexibility index (Phi) is 3.78. The number of hydrogen-bond donors (Lipinski definition) is 0. The maximum Gasteiger partial charge on any atom is 0.204 e. The third-order valence-corrected chi connectivity index (χ3v) is 3.23. The Morgan fingerprint density at radius 3 is 2.62 bits per heavy atom. The Labute approximate surface area is 120 Å². The van der Waals surface area contributed by atoms with E-state index in [-0.39, 0.29) is 0 Å². The van der Waals surface area contributed by atoms with Gasteiger partial charge in [0.25, 0.3) is 0 Å². The molecule has 1 aliphatic rings. The molecule has 0 spiro atoms. The number of carboxylic acids is 1. The minimum atomic E-state index is -1.25. The van der Waals surface area contributed by atoms with E-state index in [0.717, 1.165) is 42.4 Å². The van der Waals surface area contributed by atoms with Gasteiger partial charge in [-0.1, -0.05) is 0 Å². The van der Waals surface area contributed by atoms with Gasteiger partial charge in [0, 0.05) is 24.3 Å². The third-order valence-electron chi connectivity index (χ3n) is 3.23. The van der Waals surface area contributed by atoms with E-state index >= 15 is 0 Å². The first-order chi connectivity index (χ1) is 10.2. The zero-order valence-corrected chi connectivity index (χ0v) is 11.3. The van der Waals surface area contributed by atoms with Gasteiger partial charge < -0.3 is 19.5 Å². The maximum atomic E-state index is 10.5. The Morgan fingerprint density at radius 1 is 1.24 bits per heavy atom. The van der Waals surface area contributed by atoms with Crippen LogP contribution in [0.4, 0.5) is 5.69 Å². The largest absolute Gasteiger partial charge is 0.548 e. The molecule has 2 heterocycles. The van der Waals surface area contributed by atoms with Crippen LogP contribution in [0.2, 0.25) is 0 Å². The molecule has 1 saturated heterocycles. The van der Waals surface area contributed by atoms with Crippen molar-refractivity contribution in [2.45, 2.75) is 6.54 Å². The van der Waals surface area contributed by atoms with Crippen molar-refractivity contribution in [3.63, 3.8) is 0 Å². The molecule has 1 aliphatic heterocycles. The van der Waals surface area contributed by atoms with Crippen molar-refractivity contribution in [3.8, 4) is 11.4 Å². The summed E-state index contributed by atoms with van der Waals surface area (Å²) in [5, 5.41) is 22.0. The van der Waals surface area contributed by atoms with Gasteiger partial charge in [-0.2, -0.15) is 4.80 Å². The summed E-state index contributed by atoms with van der Waals surface area (Å²) >= 11 is 0. The third kappa shape index (κ3) is 3.16. The van der Waals surface area contributed by atoms with Crippen LogP contribution in [-0.2, 0) is 16.1 Å². The molecular weight excluding hydrogens is 274 g/mol.